The molecule has 1 atom stereocenters. The van der Waals surface area contributed by atoms with Gasteiger partial charge >= 0.3 is 5.97 Å². The van der Waals surface area contributed by atoms with Gasteiger partial charge in [-0.1, -0.05) is 30.3 Å². The van der Waals surface area contributed by atoms with Crippen molar-refractivity contribution in [2.75, 3.05) is 33.2 Å². The van der Waals surface area contributed by atoms with Crippen molar-refractivity contribution in [2.45, 2.75) is 19.4 Å². The van der Waals surface area contributed by atoms with Crippen LogP contribution in [0.3, 0.4) is 0 Å². The molecule has 1 fully saturated rings. The molecule has 1 aliphatic rings. The second-order valence-electron chi connectivity index (χ2n) is 5.78. The zero-order chi connectivity index (χ0) is 14.4. The molecule has 20 heavy (non-hydrogen) atoms. The fraction of sp³-hybridized carbons (Fsp3) is 0.562. The molecule has 0 bridgehead atoms. The van der Waals surface area contributed by atoms with Crippen LogP contribution in [-0.4, -0.2) is 54.1 Å². The Labute approximate surface area is 121 Å². The minimum Gasteiger partial charge on any atom is -0.481 e. The van der Waals surface area contributed by atoms with E-state index in [0.717, 1.165) is 26.2 Å². The van der Waals surface area contributed by atoms with E-state index < -0.39 is 5.97 Å². The van der Waals surface area contributed by atoms with E-state index in [0.29, 0.717) is 12.5 Å². The monoisotopic (exact) mass is 276 g/mol. The molecule has 0 aliphatic carbocycles. The molecule has 0 aromatic heterocycles. The van der Waals surface area contributed by atoms with Crippen molar-refractivity contribution < 1.29 is 9.90 Å². The number of hydrogen-bond donors (Lipinski definition) is 1. The Morgan fingerprint density at radius 3 is 2.85 bits per heavy atom. The highest BCUT2D eigenvalue weighted by Gasteiger charge is 2.23. The topological polar surface area (TPSA) is 43.8 Å². The highest BCUT2D eigenvalue weighted by Crippen LogP contribution is 2.19. The molecule has 0 spiro atoms. The summed E-state index contributed by atoms with van der Waals surface area (Å²) in [6.07, 6.45) is 1.45. The number of rotatable bonds is 7. The van der Waals surface area contributed by atoms with Gasteiger partial charge in [-0.05, 0) is 31.5 Å². The van der Waals surface area contributed by atoms with Crippen LogP contribution in [0.5, 0.6) is 0 Å². The van der Waals surface area contributed by atoms with Crippen LogP contribution in [0, 0.1) is 5.92 Å². The Morgan fingerprint density at radius 2 is 2.15 bits per heavy atom. The van der Waals surface area contributed by atoms with Crippen molar-refractivity contribution in [2.24, 2.45) is 5.92 Å². The number of carboxylic acids is 1. The largest absolute Gasteiger partial charge is 0.481 e. The van der Waals surface area contributed by atoms with E-state index in [1.165, 1.54) is 12.0 Å². The molecule has 4 nitrogen and oxygen atoms in total. The molecule has 1 aromatic carbocycles. The van der Waals surface area contributed by atoms with Gasteiger partial charge in [-0.25, -0.2) is 0 Å². The zero-order valence-corrected chi connectivity index (χ0v) is 12.2. The smallest absolute Gasteiger partial charge is 0.304 e. The van der Waals surface area contributed by atoms with Crippen molar-refractivity contribution in [3.05, 3.63) is 35.9 Å². The van der Waals surface area contributed by atoms with Crippen LogP contribution in [0.4, 0.5) is 0 Å². The Morgan fingerprint density at radius 1 is 1.40 bits per heavy atom. The molecule has 1 heterocycles. The lowest BCUT2D eigenvalue weighted by molar-refractivity contribution is -0.137. The van der Waals surface area contributed by atoms with Gasteiger partial charge in [-0.15, -0.1) is 0 Å². The fourth-order valence-corrected chi connectivity index (χ4v) is 2.87. The van der Waals surface area contributed by atoms with E-state index in [4.69, 9.17) is 5.11 Å². The summed E-state index contributed by atoms with van der Waals surface area (Å²) in [5.74, 6) is -0.0496. The Bertz CT molecular complexity index is 422. The molecule has 1 saturated heterocycles. The molecule has 1 aromatic rings. The predicted octanol–water partition coefficient (Wildman–Crippen LogP) is 1.91. The van der Waals surface area contributed by atoms with Crippen molar-refractivity contribution in [1.29, 1.82) is 0 Å². The Balaban J connectivity index is 1.71. The summed E-state index contributed by atoms with van der Waals surface area (Å²) in [6.45, 7) is 4.93. The fourth-order valence-electron chi connectivity index (χ4n) is 2.87. The van der Waals surface area contributed by atoms with Gasteiger partial charge in [0.2, 0.25) is 0 Å². The molecule has 0 radical (unpaired) electrons. The Hall–Kier alpha value is -1.39. The lowest BCUT2D eigenvalue weighted by Crippen LogP contribution is -2.29. The van der Waals surface area contributed by atoms with E-state index >= 15 is 0 Å². The number of hydrogen-bond acceptors (Lipinski definition) is 3. The van der Waals surface area contributed by atoms with E-state index in [1.807, 2.05) is 13.1 Å². The molecule has 0 unspecified atom stereocenters. The van der Waals surface area contributed by atoms with Gasteiger partial charge in [-0.3, -0.25) is 9.69 Å². The third-order valence-corrected chi connectivity index (χ3v) is 3.90. The maximum absolute atomic E-state index is 10.6. The second-order valence-corrected chi connectivity index (χ2v) is 5.78. The average molecular weight is 276 g/mol. The first kappa shape index (κ1) is 15.0. The third kappa shape index (κ3) is 4.94. The van der Waals surface area contributed by atoms with Crippen molar-refractivity contribution in [1.82, 2.24) is 9.80 Å². The van der Waals surface area contributed by atoms with Crippen LogP contribution in [0.25, 0.3) is 0 Å². The molecule has 1 aliphatic heterocycles. The maximum Gasteiger partial charge on any atom is 0.304 e. The molecule has 110 valence electrons. The zero-order valence-electron chi connectivity index (χ0n) is 12.2. The van der Waals surface area contributed by atoms with Crippen molar-refractivity contribution in [3.63, 3.8) is 0 Å². The van der Waals surface area contributed by atoms with Crippen molar-refractivity contribution >= 4 is 5.97 Å². The molecule has 1 N–H and O–H groups in total. The highest BCUT2D eigenvalue weighted by molar-refractivity contribution is 5.66. The summed E-state index contributed by atoms with van der Waals surface area (Å²) in [7, 11) is 2.02. The molecule has 0 amide bonds. The number of nitrogens with zero attached hydrogens (tertiary/aromatic N) is 2. The van der Waals surface area contributed by atoms with Crippen LogP contribution in [0.2, 0.25) is 0 Å². The van der Waals surface area contributed by atoms with E-state index in [1.54, 1.807) is 0 Å². The predicted molar refractivity (Wildman–Crippen MR) is 79.6 cm³/mol. The van der Waals surface area contributed by atoms with Gasteiger partial charge in [0.25, 0.3) is 0 Å². The summed E-state index contributed by atoms with van der Waals surface area (Å²) in [6, 6.07) is 10.6. The molecule has 0 saturated carbocycles. The first-order valence-electron chi connectivity index (χ1n) is 7.30. The van der Waals surface area contributed by atoms with Gasteiger partial charge in [0.1, 0.15) is 0 Å². The first-order chi connectivity index (χ1) is 9.63. The van der Waals surface area contributed by atoms with Gasteiger partial charge in [0.05, 0.1) is 6.42 Å². The van der Waals surface area contributed by atoms with Gasteiger partial charge < -0.3 is 10.0 Å². The normalized spacial score (nSPS) is 19.6. The van der Waals surface area contributed by atoms with Crippen LogP contribution in [0.1, 0.15) is 18.4 Å². The third-order valence-electron chi connectivity index (χ3n) is 3.90. The van der Waals surface area contributed by atoms with Gasteiger partial charge in [0.15, 0.2) is 0 Å². The number of carboxylic acid groups (broad SMARTS) is 1. The summed E-state index contributed by atoms with van der Waals surface area (Å²) in [4.78, 5) is 15.2. The number of benzene rings is 1. The highest BCUT2D eigenvalue weighted by atomic mass is 16.4. The SMILES string of the molecule is CN(CCC(=O)O)C[C@H]1CCN(Cc2ccccc2)C1. The maximum atomic E-state index is 10.6. The minimum atomic E-state index is -0.714. The second kappa shape index (κ2) is 7.41. The van der Waals surface area contributed by atoms with E-state index in [2.05, 4.69) is 34.1 Å². The van der Waals surface area contributed by atoms with Crippen LogP contribution in [0.15, 0.2) is 30.3 Å². The number of aliphatic carboxylic acids is 1. The lowest BCUT2D eigenvalue weighted by Gasteiger charge is -2.21. The van der Waals surface area contributed by atoms with Crippen LogP contribution < -0.4 is 0 Å². The van der Waals surface area contributed by atoms with Crippen molar-refractivity contribution in [3.8, 4) is 0 Å². The number of likely N-dealkylation sites (tertiary alicyclic amines) is 1. The average Bonchev–Trinajstić information content (AvgIpc) is 2.85. The van der Waals surface area contributed by atoms with Crippen LogP contribution in [-0.2, 0) is 11.3 Å². The van der Waals surface area contributed by atoms with E-state index in [9.17, 15) is 4.79 Å². The van der Waals surface area contributed by atoms with Crippen LogP contribution >= 0.6 is 0 Å². The molecular formula is C16H24N2O2. The summed E-state index contributed by atoms with van der Waals surface area (Å²) < 4.78 is 0. The standard InChI is InChI=1S/C16H24N2O2/c1-17(9-8-16(19)20)11-15-7-10-18(13-15)12-14-5-3-2-4-6-14/h2-6,15H,7-13H2,1H3,(H,19,20)/t15-/m1/s1. The lowest BCUT2D eigenvalue weighted by atomic mass is 10.1. The quantitative estimate of drug-likeness (QED) is 0.826. The van der Waals surface area contributed by atoms with Gasteiger partial charge in [0, 0.05) is 26.2 Å². The van der Waals surface area contributed by atoms with Gasteiger partial charge in [-0.2, -0.15) is 0 Å². The number of carbonyl (C=O) groups is 1. The van der Waals surface area contributed by atoms with E-state index in [-0.39, 0.29) is 6.42 Å². The minimum absolute atomic E-state index is 0.233. The summed E-state index contributed by atoms with van der Waals surface area (Å²) >= 11 is 0. The summed E-state index contributed by atoms with van der Waals surface area (Å²) in [5, 5.41) is 8.69. The Kier molecular flexibility index (Phi) is 5.56. The summed E-state index contributed by atoms with van der Waals surface area (Å²) in [5.41, 5.74) is 1.37. The molecule has 4 heteroatoms. The molecular weight excluding hydrogens is 252 g/mol. The molecule has 2 rings (SSSR count). The first-order valence-corrected chi connectivity index (χ1v) is 7.30.